The summed E-state index contributed by atoms with van der Waals surface area (Å²) in [6.45, 7) is 4.07. The van der Waals surface area contributed by atoms with Gasteiger partial charge in [-0.05, 0) is 30.5 Å². The largest absolute Gasteiger partial charge is 0.365 e. The number of anilines is 1. The molecule has 0 aliphatic carbocycles. The number of nitrogens with zero attached hydrogens (tertiary/aromatic N) is 5. The van der Waals surface area contributed by atoms with Crippen LogP contribution < -0.4 is 10.5 Å². The Morgan fingerprint density at radius 1 is 1.09 bits per heavy atom. The van der Waals surface area contributed by atoms with Crippen LogP contribution in [0.1, 0.15) is 15.4 Å². The molecule has 1 aromatic carbocycles. The molecular weight excluding hydrogens is 478 g/mol. The highest BCUT2D eigenvalue weighted by atomic mass is 35.5. The van der Waals surface area contributed by atoms with Gasteiger partial charge in [0.05, 0.1) is 23.3 Å². The number of carbonyl (C=O) groups excluding carboxylic acids is 1. The van der Waals surface area contributed by atoms with Crippen molar-refractivity contribution in [3.63, 3.8) is 0 Å². The van der Waals surface area contributed by atoms with Crippen LogP contribution in [0.15, 0.2) is 58.1 Å². The molecule has 1 saturated heterocycles. The van der Waals surface area contributed by atoms with Crippen LogP contribution in [0, 0.1) is 6.92 Å². The number of benzene rings is 1. The third-order valence-corrected chi connectivity index (χ3v) is 7.80. The summed E-state index contributed by atoms with van der Waals surface area (Å²) in [7, 11) is 0. The Morgan fingerprint density at radius 3 is 2.55 bits per heavy atom. The summed E-state index contributed by atoms with van der Waals surface area (Å²) in [5.41, 5.74) is 2.69. The van der Waals surface area contributed by atoms with Crippen LogP contribution in [0.5, 0.6) is 0 Å². The fourth-order valence-corrected chi connectivity index (χ4v) is 5.79. The molecule has 0 atom stereocenters. The number of thiophene rings is 1. The van der Waals surface area contributed by atoms with Crippen LogP contribution in [0.3, 0.4) is 0 Å². The first-order valence-corrected chi connectivity index (χ1v) is 12.5. The Kier molecular flexibility index (Phi) is 6.01. The van der Waals surface area contributed by atoms with E-state index in [2.05, 4.69) is 10.1 Å². The van der Waals surface area contributed by atoms with Crippen LogP contribution in [0.25, 0.3) is 16.3 Å². The number of halogens is 1. The molecule has 5 rings (SSSR count). The van der Waals surface area contributed by atoms with Crippen LogP contribution in [0.4, 0.5) is 5.69 Å². The molecule has 4 heterocycles. The number of amides is 1. The number of carbonyl (C=O) groups is 1. The van der Waals surface area contributed by atoms with Gasteiger partial charge in [-0.1, -0.05) is 29.8 Å². The number of rotatable bonds is 4. The summed E-state index contributed by atoms with van der Waals surface area (Å²) in [4.78, 5) is 35.1. The highest BCUT2D eigenvalue weighted by Crippen LogP contribution is 2.31. The molecule has 0 N–H and O–H groups in total. The van der Waals surface area contributed by atoms with Gasteiger partial charge in [-0.25, -0.2) is 4.98 Å². The van der Waals surface area contributed by atoms with E-state index in [0.717, 1.165) is 16.3 Å². The van der Waals surface area contributed by atoms with Gasteiger partial charge in [0, 0.05) is 37.1 Å². The number of aromatic nitrogens is 3. The fourth-order valence-electron chi connectivity index (χ4n) is 3.80. The molecule has 1 aliphatic heterocycles. The van der Waals surface area contributed by atoms with Crippen molar-refractivity contribution in [2.75, 3.05) is 31.1 Å². The Balaban J connectivity index is 1.30. The van der Waals surface area contributed by atoms with E-state index in [4.69, 9.17) is 11.6 Å². The predicted octanol–water partition coefficient (Wildman–Crippen LogP) is 4.34. The fraction of sp³-hybridized carbons (Fsp3) is 0.217. The molecule has 0 bridgehead atoms. The van der Waals surface area contributed by atoms with Crippen molar-refractivity contribution in [2.45, 2.75) is 6.92 Å². The second-order valence-electron chi connectivity index (χ2n) is 7.62. The third kappa shape index (κ3) is 4.19. The minimum atomic E-state index is -0.361. The average molecular weight is 498 g/mol. The topological polar surface area (TPSA) is 71.3 Å². The number of para-hydroxylation sites is 1. The van der Waals surface area contributed by atoms with E-state index in [0.29, 0.717) is 42.4 Å². The Bertz CT molecular complexity index is 1340. The van der Waals surface area contributed by atoms with Crippen molar-refractivity contribution in [3.8, 4) is 16.3 Å². The van der Waals surface area contributed by atoms with Gasteiger partial charge in [0.25, 0.3) is 11.5 Å². The molecule has 0 spiro atoms. The van der Waals surface area contributed by atoms with E-state index in [-0.39, 0.29) is 16.5 Å². The standard InChI is InChI=1S/C23H20ClN5O2S2/c1-15-20(33-21(26-15)16-7-12-32-14-16)23(31)28-10-8-27(9-11-28)18-13-25-29(22(30)19(18)24)17-5-3-2-4-6-17/h2-7,12-14H,8-11H2,1H3. The normalized spacial score (nSPS) is 14.0. The molecule has 7 nitrogen and oxygen atoms in total. The maximum absolute atomic E-state index is 13.2. The molecule has 3 aromatic heterocycles. The second kappa shape index (κ2) is 9.09. The maximum atomic E-state index is 13.2. The summed E-state index contributed by atoms with van der Waals surface area (Å²) in [5.74, 6) is -0.00477. The van der Waals surface area contributed by atoms with E-state index >= 15 is 0 Å². The van der Waals surface area contributed by atoms with E-state index < -0.39 is 0 Å². The van der Waals surface area contributed by atoms with Crippen molar-refractivity contribution in [3.05, 3.63) is 79.3 Å². The zero-order valence-corrected chi connectivity index (χ0v) is 20.2. The van der Waals surface area contributed by atoms with Gasteiger partial charge in [0.2, 0.25) is 0 Å². The maximum Gasteiger partial charge on any atom is 0.292 e. The predicted molar refractivity (Wildman–Crippen MR) is 133 cm³/mol. The van der Waals surface area contributed by atoms with Crippen molar-refractivity contribution < 1.29 is 4.79 Å². The third-order valence-electron chi connectivity index (χ3n) is 5.57. The summed E-state index contributed by atoms with van der Waals surface area (Å²) < 4.78 is 1.29. The monoisotopic (exact) mass is 497 g/mol. The van der Waals surface area contributed by atoms with E-state index in [1.807, 2.05) is 51.7 Å². The average Bonchev–Trinajstić information content (AvgIpc) is 3.51. The molecular formula is C23H20ClN5O2S2. The van der Waals surface area contributed by atoms with E-state index in [1.165, 1.54) is 16.0 Å². The van der Waals surface area contributed by atoms with Gasteiger partial charge in [-0.15, -0.1) is 11.3 Å². The van der Waals surface area contributed by atoms with Gasteiger partial charge in [0.1, 0.15) is 14.9 Å². The minimum Gasteiger partial charge on any atom is -0.365 e. The lowest BCUT2D eigenvalue weighted by Gasteiger charge is -2.36. The smallest absolute Gasteiger partial charge is 0.292 e. The molecule has 4 aromatic rings. The summed E-state index contributed by atoms with van der Waals surface area (Å²) in [6.07, 6.45) is 1.62. The quantitative estimate of drug-likeness (QED) is 0.419. The van der Waals surface area contributed by atoms with Crippen molar-refractivity contribution in [1.82, 2.24) is 19.7 Å². The molecule has 168 valence electrons. The molecule has 0 radical (unpaired) electrons. The number of aryl methyl sites for hydroxylation is 1. The summed E-state index contributed by atoms with van der Waals surface area (Å²) in [5, 5.41) is 9.36. The lowest BCUT2D eigenvalue weighted by atomic mass is 10.2. The van der Waals surface area contributed by atoms with E-state index in [1.54, 1.807) is 29.7 Å². The number of hydrogen-bond donors (Lipinski definition) is 0. The first-order chi connectivity index (χ1) is 16.0. The summed E-state index contributed by atoms with van der Waals surface area (Å²) >= 11 is 9.50. The zero-order chi connectivity index (χ0) is 22.9. The van der Waals surface area contributed by atoms with Gasteiger partial charge in [-0.2, -0.15) is 21.1 Å². The number of thiazole rings is 1. The number of hydrogen-bond acceptors (Lipinski definition) is 7. The lowest BCUT2D eigenvalue weighted by Crippen LogP contribution is -2.49. The van der Waals surface area contributed by atoms with Crippen LogP contribution >= 0.6 is 34.3 Å². The van der Waals surface area contributed by atoms with E-state index in [9.17, 15) is 9.59 Å². The first kappa shape index (κ1) is 21.8. The zero-order valence-electron chi connectivity index (χ0n) is 17.8. The Hall–Kier alpha value is -3.01. The number of piperazine rings is 1. The molecule has 33 heavy (non-hydrogen) atoms. The molecule has 1 amide bonds. The minimum absolute atomic E-state index is 0.00477. The first-order valence-electron chi connectivity index (χ1n) is 10.4. The van der Waals surface area contributed by atoms with Crippen LogP contribution in [-0.2, 0) is 0 Å². The second-order valence-corrected chi connectivity index (χ2v) is 9.78. The highest BCUT2D eigenvalue weighted by Gasteiger charge is 2.27. The SMILES string of the molecule is Cc1nc(-c2ccsc2)sc1C(=O)N1CCN(c2cnn(-c3ccccc3)c(=O)c2Cl)CC1. The Morgan fingerprint density at radius 2 is 1.85 bits per heavy atom. The van der Waals surface area contributed by atoms with Gasteiger partial charge < -0.3 is 9.80 Å². The molecule has 1 aliphatic rings. The Labute approximate surface area is 203 Å². The van der Waals surface area contributed by atoms with Crippen molar-refractivity contribution in [2.24, 2.45) is 0 Å². The molecule has 0 unspecified atom stereocenters. The lowest BCUT2D eigenvalue weighted by molar-refractivity contribution is 0.0750. The summed E-state index contributed by atoms with van der Waals surface area (Å²) in [6, 6.07) is 11.2. The van der Waals surface area contributed by atoms with Gasteiger partial charge in [0.15, 0.2) is 0 Å². The van der Waals surface area contributed by atoms with Crippen LogP contribution in [-0.4, -0.2) is 51.8 Å². The molecule has 1 fully saturated rings. The van der Waals surface area contributed by atoms with Gasteiger partial charge >= 0.3 is 0 Å². The highest BCUT2D eigenvalue weighted by molar-refractivity contribution is 7.17. The van der Waals surface area contributed by atoms with Crippen LogP contribution in [0.2, 0.25) is 5.02 Å². The van der Waals surface area contributed by atoms with Crippen molar-refractivity contribution >= 4 is 45.9 Å². The van der Waals surface area contributed by atoms with Gasteiger partial charge in [-0.3, -0.25) is 9.59 Å². The molecule has 0 saturated carbocycles. The van der Waals surface area contributed by atoms with Crippen molar-refractivity contribution in [1.29, 1.82) is 0 Å². The molecule has 10 heteroatoms.